The fourth-order valence-corrected chi connectivity index (χ4v) is 4.55. The van der Waals surface area contributed by atoms with Crippen molar-refractivity contribution in [3.8, 4) is 22.5 Å². The number of nitrogens with one attached hydrogen (secondary N) is 1. The summed E-state index contributed by atoms with van der Waals surface area (Å²) in [6, 6.07) is 18.3. The van der Waals surface area contributed by atoms with Crippen molar-refractivity contribution in [3.05, 3.63) is 71.6 Å². The summed E-state index contributed by atoms with van der Waals surface area (Å²) in [4.78, 5) is 13.1. The van der Waals surface area contributed by atoms with Crippen molar-refractivity contribution in [3.63, 3.8) is 0 Å². The van der Waals surface area contributed by atoms with Crippen molar-refractivity contribution in [2.75, 3.05) is 12.3 Å². The Hall–Kier alpha value is -3.60. The molecule has 0 amide bonds. The van der Waals surface area contributed by atoms with E-state index in [1.54, 1.807) is 18.2 Å². The second-order valence-electron chi connectivity index (χ2n) is 9.10. The Morgan fingerprint density at radius 1 is 0.886 bits per heavy atom. The Labute approximate surface area is 206 Å². The average Bonchev–Trinajstić information content (AvgIpc) is 2.86. The van der Waals surface area contributed by atoms with E-state index in [1.807, 2.05) is 42.5 Å². The van der Waals surface area contributed by atoms with Crippen molar-refractivity contribution in [2.24, 2.45) is 0 Å². The summed E-state index contributed by atoms with van der Waals surface area (Å²) >= 11 is 0. The number of unbranched alkanes of at least 4 members (excludes halogenated alkanes) is 7. The first-order valence-corrected chi connectivity index (χ1v) is 12.7. The van der Waals surface area contributed by atoms with E-state index < -0.39 is 0 Å². The molecular formula is C30H34N2O3. The Balaban J connectivity index is 1.57. The van der Waals surface area contributed by atoms with Crippen LogP contribution in [0.3, 0.4) is 0 Å². The van der Waals surface area contributed by atoms with Crippen LogP contribution in [0.15, 0.2) is 65.1 Å². The van der Waals surface area contributed by atoms with Gasteiger partial charge in [0.05, 0.1) is 17.5 Å². The third-order valence-electron chi connectivity index (χ3n) is 6.39. The maximum Gasteiger partial charge on any atom is 0.338 e. The number of anilines is 1. The van der Waals surface area contributed by atoms with Crippen molar-refractivity contribution in [2.45, 2.75) is 58.3 Å². The van der Waals surface area contributed by atoms with Gasteiger partial charge in [-0.05, 0) is 42.3 Å². The Morgan fingerprint density at radius 3 is 2.43 bits per heavy atom. The molecule has 0 spiro atoms. The van der Waals surface area contributed by atoms with Crippen LogP contribution < -0.4 is 11.1 Å². The number of rotatable bonds is 11. The number of carbonyl (C=O) groups is 1. The van der Waals surface area contributed by atoms with Gasteiger partial charge < -0.3 is 20.3 Å². The van der Waals surface area contributed by atoms with E-state index >= 15 is 0 Å². The number of nitrogen functional groups attached to an aromatic ring is 1. The maximum atomic E-state index is 13.1. The molecule has 5 heteroatoms. The first-order valence-electron chi connectivity index (χ1n) is 12.7. The predicted octanol–water partition coefficient (Wildman–Crippen LogP) is 7.56. The van der Waals surface area contributed by atoms with Crippen LogP contribution in [0.1, 0.15) is 68.6 Å². The summed E-state index contributed by atoms with van der Waals surface area (Å²) in [7, 11) is 0. The van der Waals surface area contributed by atoms with Crippen LogP contribution in [-0.2, 0) is 4.74 Å². The molecule has 1 aliphatic carbocycles. The summed E-state index contributed by atoms with van der Waals surface area (Å²) in [5.74, 6) is 0.255. The smallest absolute Gasteiger partial charge is 0.338 e. The molecule has 3 N–H and O–H groups in total. The Bertz CT molecular complexity index is 1320. The Morgan fingerprint density at radius 2 is 1.63 bits per heavy atom. The van der Waals surface area contributed by atoms with Gasteiger partial charge in [-0.1, -0.05) is 70.1 Å². The van der Waals surface area contributed by atoms with Gasteiger partial charge in [-0.3, -0.25) is 0 Å². The number of hydrogen-bond donors (Lipinski definition) is 2. The second-order valence-corrected chi connectivity index (χ2v) is 9.10. The van der Waals surface area contributed by atoms with Crippen LogP contribution in [0.4, 0.5) is 5.69 Å². The molecule has 1 aliphatic heterocycles. The minimum atomic E-state index is -0.321. The zero-order valence-electron chi connectivity index (χ0n) is 20.4. The topological polar surface area (TPSA) is 89.3 Å². The molecule has 0 saturated heterocycles. The van der Waals surface area contributed by atoms with Crippen LogP contribution in [0.5, 0.6) is 0 Å². The van der Waals surface area contributed by atoms with Gasteiger partial charge in [0, 0.05) is 34.3 Å². The van der Waals surface area contributed by atoms with Gasteiger partial charge >= 0.3 is 5.97 Å². The zero-order valence-corrected chi connectivity index (χ0v) is 20.4. The molecule has 4 rings (SSSR count). The number of hydrogen-bond acceptors (Lipinski definition) is 5. The fourth-order valence-electron chi connectivity index (χ4n) is 4.55. The lowest BCUT2D eigenvalue weighted by Gasteiger charge is -2.17. The molecule has 182 valence electrons. The normalized spacial score (nSPS) is 11.2. The fraction of sp³-hybridized carbons (Fsp3) is 0.333. The molecule has 2 aliphatic rings. The van der Waals surface area contributed by atoms with Crippen molar-refractivity contribution < 1.29 is 13.9 Å². The van der Waals surface area contributed by atoms with Crippen molar-refractivity contribution >= 4 is 22.6 Å². The molecule has 0 bridgehead atoms. The van der Waals surface area contributed by atoms with Crippen molar-refractivity contribution in [1.82, 2.24) is 0 Å². The lowest BCUT2D eigenvalue weighted by Crippen LogP contribution is -2.09. The van der Waals surface area contributed by atoms with Crippen LogP contribution >= 0.6 is 0 Å². The number of benzene rings is 3. The predicted molar refractivity (Wildman–Crippen MR) is 141 cm³/mol. The third kappa shape index (κ3) is 5.91. The van der Waals surface area contributed by atoms with Gasteiger partial charge in [0.25, 0.3) is 0 Å². The minimum absolute atomic E-state index is 0.321. The molecule has 2 aromatic carbocycles. The standard InChI is InChI=1S/C30H34N2O3/c1-2-3-4-5-6-7-8-11-18-34-30(33)24-13-10-9-12-23(24)29-25-16-14-21(31)19-27(25)35-28-20-22(32)15-17-26(28)29/h9-10,12-17,19-20,31H,2-8,11,18,32H2,1H3. The van der Waals surface area contributed by atoms with E-state index in [9.17, 15) is 4.79 Å². The molecule has 0 unspecified atom stereocenters. The van der Waals surface area contributed by atoms with Gasteiger partial charge in [-0.15, -0.1) is 0 Å². The van der Waals surface area contributed by atoms with Crippen LogP contribution in [0.25, 0.3) is 33.4 Å². The van der Waals surface area contributed by atoms with E-state index in [-0.39, 0.29) is 5.97 Å². The van der Waals surface area contributed by atoms with Gasteiger partial charge in [0.15, 0.2) is 0 Å². The third-order valence-corrected chi connectivity index (χ3v) is 6.39. The average molecular weight is 471 g/mol. The molecule has 1 heterocycles. The van der Waals surface area contributed by atoms with E-state index in [0.29, 0.717) is 34.6 Å². The van der Waals surface area contributed by atoms with E-state index in [0.717, 1.165) is 34.9 Å². The largest absolute Gasteiger partial charge is 0.462 e. The minimum Gasteiger partial charge on any atom is -0.462 e. The highest BCUT2D eigenvalue weighted by Gasteiger charge is 2.22. The number of esters is 1. The van der Waals surface area contributed by atoms with Crippen LogP contribution in [0, 0.1) is 5.41 Å². The molecule has 5 nitrogen and oxygen atoms in total. The molecule has 0 atom stereocenters. The molecular weight excluding hydrogens is 436 g/mol. The summed E-state index contributed by atoms with van der Waals surface area (Å²) in [6.45, 7) is 2.65. The van der Waals surface area contributed by atoms with E-state index in [2.05, 4.69) is 6.92 Å². The van der Waals surface area contributed by atoms with Crippen LogP contribution in [-0.4, -0.2) is 12.6 Å². The lowest BCUT2D eigenvalue weighted by atomic mass is 9.90. The zero-order chi connectivity index (χ0) is 24.6. The number of fused-ring (bicyclic) bond motifs is 2. The molecule has 0 saturated carbocycles. The SMILES string of the molecule is CCCCCCCCCCOC(=O)c1ccccc1-c1c2ccc(=N)cc-2oc2cc(N)ccc12. The number of nitrogens with two attached hydrogens (primary N) is 1. The molecule has 35 heavy (non-hydrogen) atoms. The van der Waals surface area contributed by atoms with Gasteiger partial charge in [0.2, 0.25) is 0 Å². The first kappa shape index (κ1) is 24.5. The molecule has 0 radical (unpaired) electrons. The monoisotopic (exact) mass is 470 g/mol. The highest BCUT2D eigenvalue weighted by molar-refractivity contribution is 6.08. The van der Waals surface area contributed by atoms with Gasteiger partial charge in [-0.25, -0.2) is 4.79 Å². The second kappa shape index (κ2) is 11.7. The summed E-state index contributed by atoms with van der Waals surface area (Å²) in [5.41, 5.74) is 10.2. The first-order chi connectivity index (χ1) is 17.1. The van der Waals surface area contributed by atoms with Gasteiger partial charge in [0.1, 0.15) is 11.3 Å². The molecule has 2 aromatic rings. The maximum absolute atomic E-state index is 13.1. The molecule has 0 fully saturated rings. The van der Waals surface area contributed by atoms with E-state index in [1.165, 1.54) is 38.5 Å². The lowest BCUT2D eigenvalue weighted by molar-refractivity contribution is 0.0498. The summed E-state index contributed by atoms with van der Waals surface area (Å²) < 4.78 is 11.8. The quantitative estimate of drug-likeness (QED) is 0.102. The summed E-state index contributed by atoms with van der Waals surface area (Å²) in [6.07, 6.45) is 9.57. The van der Waals surface area contributed by atoms with Gasteiger partial charge in [-0.2, -0.15) is 0 Å². The molecule has 0 aromatic heterocycles. The number of carbonyl (C=O) groups excluding carboxylic acids is 1. The highest BCUT2D eigenvalue weighted by atomic mass is 16.5. The Kier molecular flexibility index (Phi) is 8.19. The summed E-state index contributed by atoms with van der Waals surface area (Å²) in [5, 5.41) is 9.23. The van der Waals surface area contributed by atoms with E-state index in [4.69, 9.17) is 20.3 Å². The highest BCUT2D eigenvalue weighted by Crippen LogP contribution is 2.41. The van der Waals surface area contributed by atoms with Crippen molar-refractivity contribution in [1.29, 1.82) is 5.41 Å². The van der Waals surface area contributed by atoms with Crippen LogP contribution in [0.2, 0.25) is 0 Å². The number of ether oxygens (including phenoxy) is 1.